The maximum atomic E-state index is 12.7. The van der Waals surface area contributed by atoms with Crippen LogP contribution < -0.4 is 10.6 Å². The molecule has 3 aromatic heterocycles. The van der Waals surface area contributed by atoms with Gasteiger partial charge < -0.3 is 10.6 Å². The first-order valence-electron chi connectivity index (χ1n) is 8.53. The Labute approximate surface area is 153 Å². The van der Waals surface area contributed by atoms with Gasteiger partial charge in [0.25, 0.3) is 6.43 Å². The third-order valence-electron chi connectivity index (χ3n) is 4.19. The van der Waals surface area contributed by atoms with E-state index < -0.39 is 13.0 Å². The van der Waals surface area contributed by atoms with E-state index in [1.165, 1.54) is 4.68 Å². The minimum Gasteiger partial charge on any atom is -0.370 e. The number of fused-ring (bicyclic) bond motifs is 2. The number of hydrogen-bond acceptors (Lipinski definition) is 6. The zero-order valence-electron chi connectivity index (χ0n) is 14.8. The van der Waals surface area contributed by atoms with Crippen molar-refractivity contribution in [3.63, 3.8) is 0 Å². The number of aromatic nitrogens is 6. The average Bonchev–Trinajstić information content (AvgIpc) is 3.20. The Morgan fingerprint density at radius 1 is 1.26 bits per heavy atom. The number of H-pyrrole nitrogens is 1. The summed E-state index contributed by atoms with van der Waals surface area (Å²) in [7, 11) is 0. The van der Waals surface area contributed by atoms with E-state index >= 15 is 0 Å². The molecule has 3 N–H and O–H groups in total. The molecule has 0 fully saturated rings. The summed E-state index contributed by atoms with van der Waals surface area (Å²) in [6.45, 7) is 4.11. The van der Waals surface area contributed by atoms with Gasteiger partial charge in [0, 0.05) is 11.9 Å². The van der Waals surface area contributed by atoms with Gasteiger partial charge in [-0.1, -0.05) is 6.07 Å². The Balaban J connectivity index is 1.75. The lowest BCUT2D eigenvalue weighted by molar-refractivity contribution is 0.123. The van der Waals surface area contributed by atoms with Gasteiger partial charge in [-0.05, 0) is 26.0 Å². The topological polar surface area (TPSA) is 96.3 Å². The van der Waals surface area contributed by atoms with E-state index in [0.717, 1.165) is 11.1 Å². The standard InChI is InChI=1S/C17H18F2N8/c1-3-20-15-14-9(2)25-26-16(14)24-17(23-15)22-11-5-4-6-12-10(11)7-21-27(12)8-13(18)19/h4-7,13H,3,8H2,1-2H3,(H3,20,22,23,24,25,26). The highest BCUT2D eigenvalue weighted by Crippen LogP contribution is 2.28. The fourth-order valence-electron chi connectivity index (χ4n) is 3.04. The van der Waals surface area contributed by atoms with Crippen LogP contribution in [-0.4, -0.2) is 42.9 Å². The highest BCUT2D eigenvalue weighted by Gasteiger charge is 2.15. The molecule has 140 valence electrons. The van der Waals surface area contributed by atoms with Gasteiger partial charge in [-0.25, -0.2) is 8.78 Å². The Morgan fingerprint density at radius 3 is 2.89 bits per heavy atom. The molecule has 0 saturated heterocycles. The van der Waals surface area contributed by atoms with Crippen molar-refractivity contribution in [2.75, 3.05) is 17.2 Å². The minimum absolute atomic E-state index is 0.371. The van der Waals surface area contributed by atoms with Crippen LogP contribution in [0.3, 0.4) is 0 Å². The molecule has 0 aliphatic heterocycles. The van der Waals surface area contributed by atoms with Crippen LogP contribution in [0.5, 0.6) is 0 Å². The highest BCUT2D eigenvalue weighted by atomic mass is 19.3. The third-order valence-corrected chi connectivity index (χ3v) is 4.19. The molecule has 0 aliphatic carbocycles. The van der Waals surface area contributed by atoms with Crippen molar-refractivity contribution in [3.8, 4) is 0 Å². The van der Waals surface area contributed by atoms with E-state index in [2.05, 4.69) is 35.9 Å². The van der Waals surface area contributed by atoms with Crippen LogP contribution in [0.25, 0.3) is 21.9 Å². The van der Waals surface area contributed by atoms with Gasteiger partial charge in [0.1, 0.15) is 12.4 Å². The van der Waals surface area contributed by atoms with Gasteiger partial charge in [-0.15, -0.1) is 0 Å². The van der Waals surface area contributed by atoms with Crippen molar-refractivity contribution in [1.29, 1.82) is 0 Å². The second-order valence-corrected chi connectivity index (χ2v) is 6.04. The molecule has 0 bridgehead atoms. The van der Waals surface area contributed by atoms with E-state index in [4.69, 9.17) is 0 Å². The Bertz CT molecular complexity index is 1100. The summed E-state index contributed by atoms with van der Waals surface area (Å²) in [6.07, 6.45) is -0.911. The number of aryl methyl sites for hydroxylation is 1. The maximum Gasteiger partial charge on any atom is 0.257 e. The predicted molar refractivity (Wildman–Crippen MR) is 99.6 cm³/mol. The number of anilines is 3. The summed E-state index contributed by atoms with van der Waals surface area (Å²) in [5.74, 6) is 1.05. The van der Waals surface area contributed by atoms with E-state index in [1.807, 2.05) is 19.9 Å². The van der Waals surface area contributed by atoms with Gasteiger partial charge in [-0.2, -0.15) is 20.2 Å². The molecule has 0 spiro atoms. The monoisotopic (exact) mass is 372 g/mol. The van der Waals surface area contributed by atoms with Crippen LogP contribution in [0.2, 0.25) is 0 Å². The number of alkyl halides is 2. The average molecular weight is 372 g/mol. The van der Waals surface area contributed by atoms with Gasteiger partial charge in [0.05, 0.1) is 28.5 Å². The first kappa shape index (κ1) is 17.1. The van der Waals surface area contributed by atoms with Crippen LogP contribution in [0.15, 0.2) is 24.4 Å². The maximum absolute atomic E-state index is 12.7. The van der Waals surface area contributed by atoms with E-state index in [-0.39, 0.29) is 0 Å². The molecule has 27 heavy (non-hydrogen) atoms. The lowest BCUT2D eigenvalue weighted by Gasteiger charge is -2.10. The summed E-state index contributed by atoms with van der Waals surface area (Å²) < 4.78 is 26.7. The van der Waals surface area contributed by atoms with Crippen molar-refractivity contribution >= 4 is 39.4 Å². The molecule has 4 rings (SSSR count). The number of aromatic amines is 1. The van der Waals surface area contributed by atoms with E-state index in [0.29, 0.717) is 40.5 Å². The molecule has 0 radical (unpaired) electrons. The van der Waals surface area contributed by atoms with Crippen LogP contribution in [0.4, 0.5) is 26.2 Å². The van der Waals surface area contributed by atoms with Gasteiger partial charge >= 0.3 is 0 Å². The predicted octanol–water partition coefficient (Wildman–Crippen LogP) is 3.45. The molecular formula is C17H18F2N8. The van der Waals surface area contributed by atoms with Gasteiger partial charge in [0.15, 0.2) is 5.65 Å². The number of nitrogens with one attached hydrogen (secondary N) is 3. The summed E-state index contributed by atoms with van der Waals surface area (Å²) in [5.41, 5.74) is 2.72. The largest absolute Gasteiger partial charge is 0.370 e. The van der Waals surface area contributed by atoms with Crippen LogP contribution >= 0.6 is 0 Å². The summed E-state index contributed by atoms with van der Waals surface area (Å²) in [6, 6.07) is 5.36. The fraction of sp³-hybridized carbons (Fsp3) is 0.294. The molecule has 0 unspecified atom stereocenters. The van der Waals surface area contributed by atoms with Crippen molar-refractivity contribution in [2.24, 2.45) is 0 Å². The Morgan fingerprint density at radius 2 is 2.11 bits per heavy atom. The first-order chi connectivity index (χ1) is 13.1. The molecule has 10 heteroatoms. The normalized spacial score (nSPS) is 11.6. The van der Waals surface area contributed by atoms with Crippen molar-refractivity contribution in [2.45, 2.75) is 26.8 Å². The fourth-order valence-corrected chi connectivity index (χ4v) is 3.04. The molecule has 1 aromatic carbocycles. The lowest BCUT2D eigenvalue weighted by atomic mass is 10.2. The van der Waals surface area contributed by atoms with Crippen molar-refractivity contribution in [1.82, 2.24) is 29.9 Å². The molecule has 8 nitrogen and oxygen atoms in total. The SMILES string of the molecule is CCNc1nc(Nc2cccc3c2cnn3CC(F)F)nc2[nH]nc(C)c12. The number of hydrogen-bond donors (Lipinski definition) is 3. The molecule has 0 saturated carbocycles. The Hall–Kier alpha value is -3.30. The first-order valence-corrected chi connectivity index (χ1v) is 8.53. The smallest absolute Gasteiger partial charge is 0.257 e. The quantitative estimate of drug-likeness (QED) is 0.480. The van der Waals surface area contributed by atoms with E-state index in [9.17, 15) is 8.78 Å². The van der Waals surface area contributed by atoms with Crippen LogP contribution in [0.1, 0.15) is 12.6 Å². The molecule has 3 heterocycles. The summed E-state index contributed by atoms with van der Waals surface area (Å²) >= 11 is 0. The molecule has 0 amide bonds. The Kier molecular flexibility index (Phi) is 4.30. The number of rotatable bonds is 6. The van der Waals surface area contributed by atoms with Gasteiger partial charge in [0.2, 0.25) is 5.95 Å². The number of benzene rings is 1. The van der Waals surface area contributed by atoms with E-state index in [1.54, 1.807) is 18.3 Å². The zero-order valence-corrected chi connectivity index (χ0v) is 14.8. The van der Waals surface area contributed by atoms with Crippen molar-refractivity contribution < 1.29 is 8.78 Å². The molecule has 4 aromatic rings. The molecule has 0 aliphatic rings. The number of nitrogens with zero attached hydrogens (tertiary/aromatic N) is 5. The minimum atomic E-state index is -2.47. The summed E-state index contributed by atoms with van der Waals surface area (Å²) in [4.78, 5) is 9.01. The highest BCUT2D eigenvalue weighted by molar-refractivity contribution is 5.94. The second kappa shape index (κ2) is 6.78. The summed E-state index contributed by atoms with van der Waals surface area (Å²) in [5, 5.41) is 19.1. The van der Waals surface area contributed by atoms with Gasteiger partial charge in [-0.3, -0.25) is 9.78 Å². The zero-order chi connectivity index (χ0) is 19.0. The van der Waals surface area contributed by atoms with Crippen LogP contribution in [-0.2, 0) is 6.54 Å². The third kappa shape index (κ3) is 3.14. The number of halogens is 2. The second-order valence-electron chi connectivity index (χ2n) is 6.04. The molecule has 0 atom stereocenters. The molecular weight excluding hydrogens is 354 g/mol. The van der Waals surface area contributed by atoms with Crippen molar-refractivity contribution in [3.05, 3.63) is 30.1 Å². The lowest BCUT2D eigenvalue weighted by Crippen LogP contribution is -2.07. The van der Waals surface area contributed by atoms with Crippen LogP contribution in [0, 0.1) is 6.92 Å².